The average Bonchev–Trinajstić information content (AvgIpc) is 3.48. The largest absolute Gasteiger partial charge is 0.385 e. The van der Waals surface area contributed by atoms with Crippen LogP contribution in [0.2, 0.25) is 0 Å². The molecule has 1 saturated carbocycles. The van der Waals surface area contributed by atoms with Crippen molar-refractivity contribution in [2.75, 3.05) is 20.3 Å². The van der Waals surface area contributed by atoms with Gasteiger partial charge in [-0.25, -0.2) is 9.97 Å². The van der Waals surface area contributed by atoms with Crippen LogP contribution in [-0.4, -0.2) is 40.7 Å². The van der Waals surface area contributed by atoms with Gasteiger partial charge in [-0.1, -0.05) is 30.3 Å². The summed E-state index contributed by atoms with van der Waals surface area (Å²) in [6.07, 6.45) is 8.96. The topological polar surface area (TPSA) is 69.0 Å². The van der Waals surface area contributed by atoms with Crippen molar-refractivity contribution < 1.29 is 9.53 Å². The molecule has 0 saturated heterocycles. The predicted octanol–water partition coefficient (Wildman–Crippen LogP) is 3.79. The van der Waals surface area contributed by atoms with Crippen molar-refractivity contribution in [2.45, 2.75) is 25.8 Å². The molecule has 3 aromatic rings. The summed E-state index contributed by atoms with van der Waals surface area (Å²) in [5.74, 6) is 1.32. The number of nitrogens with zero attached hydrogens (tertiary/aromatic N) is 3. The molecule has 1 aliphatic rings. The number of rotatable bonds is 9. The molecular formula is C23H26N4O2. The van der Waals surface area contributed by atoms with Crippen molar-refractivity contribution in [1.82, 2.24) is 19.9 Å². The van der Waals surface area contributed by atoms with Gasteiger partial charge in [0.15, 0.2) is 5.82 Å². The van der Waals surface area contributed by atoms with Crippen LogP contribution in [0.15, 0.2) is 55.0 Å². The number of hydrogen-bond acceptors (Lipinski definition) is 4. The average molecular weight is 390 g/mol. The van der Waals surface area contributed by atoms with Gasteiger partial charge in [-0.05, 0) is 31.2 Å². The molecule has 1 amide bonds. The van der Waals surface area contributed by atoms with Crippen LogP contribution in [0.1, 0.15) is 29.8 Å². The Morgan fingerprint density at radius 1 is 1.14 bits per heavy atom. The first-order chi connectivity index (χ1) is 14.2. The summed E-state index contributed by atoms with van der Waals surface area (Å²) in [6, 6.07) is 11.8. The van der Waals surface area contributed by atoms with Crippen LogP contribution in [0.5, 0.6) is 0 Å². The van der Waals surface area contributed by atoms with E-state index in [2.05, 4.69) is 19.9 Å². The van der Waals surface area contributed by atoms with Crippen LogP contribution >= 0.6 is 0 Å². The van der Waals surface area contributed by atoms with Gasteiger partial charge in [0.2, 0.25) is 0 Å². The minimum absolute atomic E-state index is 0.0465. The molecule has 0 radical (unpaired) electrons. The predicted molar refractivity (Wildman–Crippen MR) is 112 cm³/mol. The Bertz CT molecular complexity index is 947. The molecule has 0 atom stereocenters. The van der Waals surface area contributed by atoms with Gasteiger partial charge in [0.1, 0.15) is 5.69 Å². The Morgan fingerprint density at radius 2 is 1.90 bits per heavy atom. The Morgan fingerprint density at radius 3 is 2.59 bits per heavy atom. The molecule has 6 nitrogen and oxygen atoms in total. The molecule has 1 N–H and O–H groups in total. The lowest BCUT2D eigenvalue weighted by atomic mass is 10.1. The highest BCUT2D eigenvalue weighted by Gasteiger charge is 2.24. The molecule has 1 fully saturated rings. The van der Waals surface area contributed by atoms with Crippen molar-refractivity contribution in [2.24, 2.45) is 5.92 Å². The maximum atomic E-state index is 12.7. The highest BCUT2D eigenvalue weighted by molar-refractivity contribution is 5.94. The van der Waals surface area contributed by atoms with E-state index in [-0.39, 0.29) is 5.91 Å². The zero-order chi connectivity index (χ0) is 20.1. The van der Waals surface area contributed by atoms with E-state index in [0.717, 1.165) is 29.7 Å². The van der Waals surface area contributed by atoms with Crippen molar-refractivity contribution in [3.05, 3.63) is 60.7 Å². The third-order valence-electron chi connectivity index (χ3n) is 5.11. The molecule has 29 heavy (non-hydrogen) atoms. The second kappa shape index (κ2) is 9.01. The molecule has 0 bridgehead atoms. The lowest BCUT2D eigenvalue weighted by Crippen LogP contribution is -2.27. The molecular weight excluding hydrogens is 364 g/mol. The van der Waals surface area contributed by atoms with Gasteiger partial charge in [-0.15, -0.1) is 0 Å². The summed E-state index contributed by atoms with van der Waals surface area (Å²) in [6.45, 7) is 2.12. The zero-order valence-electron chi connectivity index (χ0n) is 16.7. The Hall–Kier alpha value is -2.99. The van der Waals surface area contributed by atoms with Gasteiger partial charge in [-0.2, -0.15) is 0 Å². The molecule has 4 rings (SSSR count). The SMILES string of the molecule is COCCCNC(=O)c1cc(-c2cnc(-c3ccccc3)nc2)cn1CC1CC1. The van der Waals surface area contributed by atoms with E-state index in [9.17, 15) is 4.79 Å². The summed E-state index contributed by atoms with van der Waals surface area (Å²) in [5, 5.41) is 2.99. The number of ether oxygens (including phenoxy) is 1. The molecule has 2 heterocycles. The van der Waals surface area contributed by atoms with E-state index < -0.39 is 0 Å². The second-order valence-corrected chi connectivity index (χ2v) is 7.47. The normalized spacial score (nSPS) is 13.4. The zero-order valence-corrected chi connectivity index (χ0v) is 16.7. The van der Waals surface area contributed by atoms with Crippen LogP contribution in [0.25, 0.3) is 22.5 Å². The van der Waals surface area contributed by atoms with E-state index >= 15 is 0 Å². The van der Waals surface area contributed by atoms with Gasteiger partial charge in [0.05, 0.1) is 0 Å². The Balaban J connectivity index is 1.54. The van der Waals surface area contributed by atoms with Crippen LogP contribution in [0.3, 0.4) is 0 Å². The van der Waals surface area contributed by atoms with Gasteiger partial charge < -0.3 is 14.6 Å². The quantitative estimate of drug-likeness (QED) is 0.565. The smallest absolute Gasteiger partial charge is 0.267 e. The summed E-state index contributed by atoms with van der Waals surface area (Å²) >= 11 is 0. The first-order valence-electron chi connectivity index (χ1n) is 10.1. The summed E-state index contributed by atoms with van der Waals surface area (Å²) < 4.78 is 7.12. The molecule has 2 aromatic heterocycles. The first kappa shape index (κ1) is 19.3. The standard InChI is InChI=1S/C23H26N4O2/c1-29-11-5-10-24-23(28)21-12-19(16-27(21)15-17-8-9-17)20-13-25-22(26-14-20)18-6-3-2-4-7-18/h2-4,6-7,12-14,16-17H,5,8-11,15H2,1H3,(H,24,28). The molecule has 150 valence electrons. The fraction of sp³-hybridized carbons (Fsp3) is 0.348. The number of methoxy groups -OCH3 is 1. The first-order valence-corrected chi connectivity index (χ1v) is 10.1. The molecule has 0 unspecified atom stereocenters. The van der Waals surface area contributed by atoms with Crippen LogP contribution in [0.4, 0.5) is 0 Å². The number of amides is 1. The van der Waals surface area contributed by atoms with Gasteiger partial charge in [0, 0.05) is 62.1 Å². The summed E-state index contributed by atoms with van der Waals surface area (Å²) in [4.78, 5) is 21.7. The molecule has 0 aliphatic heterocycles. The van der Waals surface area contributed by atoms with Crippen LogP contribution < -0.4 is 5.32 Å². The van der Waals surface area contributed by atoms with E-state index in [0.29, 0.717) is 30.6 Å². The molecule has 1 aliphatic carbocycles. The monoisotopic (exact) mass is 390 g/mol. The third-order valence-corrected chi connectivity index (χ3v) is 5.11. The maximum Gasteiger partial charge on any atom is 0.267 e. The minimum atomic E-state index is -0.0465. The summed E-state index contributed by atoms with van der Waals surface area (Å²) in [5.41, 5.74) is 3.55. The maximum absolute atomic E-state index is 12.7. The second-order valence-electron chi connectivity index (χ2n) is 7.47. The van der Waals surface area contributed by atoms with Crippen molar-refractivity contribution in [3.8, 4) is 22.5 Å². The van der Waals surface area contributed by atoms with Gasteiger partial charge >= 0.3 is 0 Å². The molecule has 0 spiro atoms. The van der Waals surface area contributed by atoms with Crippen LogP contribution in [0, 0.1) is 5.92 Å². The van der Waals surface area contributed by atoms with Gasteiger partial charge in [-0.3, -0.25) is 4.79 Å². The van der Waals surface area contributed by atoms with Crippen molar-refractivity contribution in [3.63, 3.8) is 0 Å². The van der Waals surface area contributed by atoms with Crippen molar-refractivity contribution >= 4 is 5.91 Å². The lowest BCUT2D eigenvalue weighted by molar-refractivity contribution is 0.0939. The van der Waals surface area contributed by atoms with E-state index in [1.54, 1.807) is 7.11 Å². The molecule has 6 heteroatoms. The minimum Gasteiger partial charge on any atom is -0.385 e. The number of carbonyl (C=O) groups excluding carboxylic acids is 1. The number of aromatic nitrogens is 3. The lowest BCUT2D eigenvalue weighted by Gasteiger charge is -2.09. The van der Waals surface area contributed by atoms with E-state index in [1.165, 1.54) is 12.8 Å². The highest BCUT2D eigenvalue weighted by Crippen LogP contribution is 2.32. The number of hydrogen-bond donors (Lipinski definition) is 1. The fourth-order valence-electron chi connectivity index (χ4n) is 3.31. The number of carbonyl (C=O) groups is 1. The Kier molecular flexibility index (Phi) is 6.00. The Labute approximate surface area is 171 Å². The molecule has 1 aromatic carbocycles. The number of nitrogens with one attached hydrogen (secondary N) is 1. The van der Waals surface area contributed by atoms with Crippen LogP contribution in [-0.2, 0) is 11.3 Å². The van der Waals surface area contributed by atoms with E-state index in [4.69, 9.17) is 4.74 Å². The van der Waals surface area contributed by atoms with Gasteiger partial charge in [0.25, 0.3) is 5.91 Å². The number of benzene rings is 1. The third kappa shape index (κ3) is 4.90. The van der Waals surface area contributed by atoms with E-state index in [1.807, 2.05) is 55.0 Å². The highest BCUT2D eigenvalue weighted by atomic mass is 16.5. The summed E-state index contributed by atoms with van der Waals surface area (Å²) in [7, 11) is 1.67. The fourth-order valence-corrected chi connectivity index (χ4v) is 3.31. The van der Waals surface area contributed by atoms with Crippen molar-refractivity contribution in [1.29, 1.82) is 0 Å².